The summed E-state index contributed by atoms with van der Waals surface area (Å²) in [5.74, 6) is 0. The normalized spacial score (nSPS) is 18.9. The quantitative estimate of drug-likeness (QED) is 0.849. The number of aromatic nitrogens is 1. The van der Waals surface area contributed by atoms with Crippen LogP contribution in [0.3, 0.4) is 0 Å². The molecule has 0 aliphatic heterocycles. The highest BCUT2D eigenvalue weighted by atomic mass is 32.1. The van der Waals surface area contributed by atoms with E-state index in [-0.39, 0.29) is 0 Å². The van der Waals surface area contributed by atoms with E-state index >= 15 is 0 Å². The number of rotatable bonds is 4. The Bertz CT molecular complexity index is 314. The van der Waals surface area contributed by atoms with Crippen LogP contribution >= 0.6 is 11.3 Å². The zero-order valence-electron chi connectivity index (χ0n) is 9.89. The standard InChI is InChI=1S/C12H20N2S/c1-4-12(6-5-7-12)13-8-11-14-9(2)10(3)15-11/h13H,4-8H2,1-3H3. The van der Waals surface area contributed by atoms with Crippen molar-refractivity contribution in [3.63, 3.8) is 0 Å². The molecule has 0 aromatic carbocycles. The lowest BCUT2D eigenvalue weighted by molar-refractivity contribution is 0.175. The van der Waals surface area contributed by atoms with Gasteiger partial charge in [0.15, 0.2) is 0 Å². The molecule has 0 atom stereocenters. The van der Waals surface area contributed by atoms with Gasteiger partial charge < -0.3 is 5.32 Å². The fourth-order valence-electron chi connectivity index (χ4n) is 2.14. The van der Waals surface area contributed by atoms with Gasteiger partial charge in [-0.2, -0.15) is 0 Å². The van der Waals surface area contributed by atoms with Gasteiger partial charge in [-0.15, -0.1) is 11.3 Å². The van der Waals surface area contributed by atoms with Crippen molar-refractivity contribution >= 4 is 11.3 Å². The molecule has 1 aliphatic rings. The van der Waals surface area contributed by atoms with Crippen LogP contribution in [-0.2, 0) is 6.54 Å². The lowest BCUT2D eigenvalue weighted by Crippen LogP contribution is -2.49. The summed E-state index contributed by atoms with van der Waals surface area (Å²) >= 11 is 1.83. The minimum Gasteiger partial charge on any atom is -0.305 e. The molecule has 1 saturated carbocycles. The van der Waals surface area contributed by atoms with Gasteiger partial charge in [0.2, 0.25) is 0 Å². The van der Waals surface area contributed by atoms with E-state index in [1.54, 1.807) is 0 Å². The molecule has 84 valence electrons. The topological polar surface area (TPSA) is 24.9 Å². The van der Waals surface area contributed by atoms with Crippen molar-refractivity contribution in [3.05, 3.63) is 15.6 Å². The first-order valence-electron chi connectivity index (χ1n) is 5.83. The van der Waals surface area contributed by atoms with Gasteiger partial charge in [0.25, 0.3) is 0 Å². The van der Waals surface area contributed by atoms with Crippen molar-refractivity contribution in [1.82, 2.24) is 10.3 Å². The van der Waals surface area contributed by atoms with Crippen LogP contribution in [0.2, 0.25) is 0 Å². The van der Waals surface area contributed by atoms with Gasteiger partial charge in [-0.05, 0) is 39.5 Å². The Morgan fingerprint density at radius 1 is 1.40 bits per heavy atom. The van der Waals surface area contributed by atoms with Crippen molar-refractivity contribution in [2.75, 3.05) is 0 Å². The molecule has 1 heterocycles. The molecule has 0 spiro atoms. The second-order valence-corrected chi connectivity index (χ2v) is 5.88. The lowest BCUT2D eigenvalue weighted by atomic mass is 9.75. The number of hydrogen-bond donors (Lipinski definition) is 1. The number of thiazole rings is 1. The average Bonchev–Trinajstić information content (AvgIpc) is 2.45. The summed E-state index contributed by atoms with van der Waals surface area (Å²) in [6, 6.07) is 0. The summed E-state index contributed by atoms with van der Waals surface area (Å²) < 4.78 is 0. The largest absolute Gasteiger partial charge is 0.305 e. The highest BCUT2D eigenvalue weighted by molar-refractivity contribution is 7.11. The van der Waals surface area contributed by atoms with Crippen molar-refractivity contribution in [1.29, 1.82) is 0 Å². The monoisotopic (exact) mass is 224 g/mol. The van der Waals surface area contributed by atoms with Crippen LogP contribution in [0.25, 0.3) is 0 Å². The minimum absolute atomic E-state index is 0.438. The number of aryl methyl sites for hydroxylation is 2. The third-order valence-electron chi connectivity index (χ3n) is 3.67. The molecule has 0 unspecified atom stereocenters. The zero-order chi connectivity index (χ0) is 10.9. The first kappa shape index (κ1) is 11.1. The summed E-state index contributed by atoms with van der Waals surface area (Å²) in [5, 5.41) is 4.93. The maximum absolute atomic E-state index is 4.56. The number of nitrogens with one attached hydrogen (secondary N) is 1. The van der Waals surface area contributed by atoms with Crippen LogP contribution in [0.5, 0.6) is 0 Å². The Labute approximate surface area is 96.1 Å². The van der Waals surface area contributed by atoms with Gasteiger partial charge in [0.1, 0.15) is 5.01 Å². The van der Waals surface area contributed by atoms with E-state index in [1.165, 1.54) is 41.3 Å². The average molecular weight is 224 g/mol. The molecular weight excluding hydrogens is 204 g/mol. The Kier molecular flexibility index (Phi) is 3.12. The predicted molar refractivity (Wildman–Crippen MR) is 65.3 cm³/mol. The number of hydrogen-bond acceptors (Lipinski definition) is 3. The SMILES string of the molecule is CCC1(NCc2nc(C)c(C)s2)CCC1. The first-order valence-corrected chi connectivity index (χ1v) is 6.65. The van der Waals surface area contributed by atoms with E-state index in [1.807, 2.05) is 11.3 Å². The Balaban J connectivity index is 1.92. The van der Waals surface area contributed by atoms with E-state index in [9.17, 15) is 0 Å². The highest BCUT2D eigenvalue weighted by Gasteiger charge is 2.34. The molecule has 2 rings (SSSR count). The third-order valence-corrected chi connectivity index (χ3v) is 4.75. The first-order chi connectivity index (χ1) is 7.15. The molecule has 1 N–H and O–H groups in total. The van der Waals surface area contributed by atoms with Crippen molar-refractivity contribution in [2.45, 2.75) is 58.5 Å². The van der Waals surface area contributed by atoms with Crippen LogP contribution in [0.1, 0.15) is 48.2 Å². The molecule has 1 aliphatic carbocycles. The Morgan fingerprint density at radius 3 is 2.53 bits per heavy atom. The fourth-order valence-corrected chi connectivity index (χ4v) is 3.01. The molecule has 2 nitrogen and oxygen atoms in total. The molecule has 1 aromatic heterocycles. The second-order valence-electron chi connectivity index (χ2n) is 4.59. The molecule has 1 fully saturated rings. The molecular formula is C12H20N2S. The molecule has 0 radical (unpaired) electrons. The van der Waals surface area contributed by atoms with Crippen LogP contribution < -0.4 is 5.32 Å². The summed E-state index contributed by atoms with van der Waals surface area (Å²) in [5.41, 5.74) is 1.63. The van der Waals surface area contributed by atoms with Crippen molar-refractivity contribution < 1.29 is 0 Å². The molecule has 1 aromatic rings. The molecule has 0 bridgehead atoms. The Hall–Kier alpha value is -0.410. The summed E-state index contributed by atoms with van der Waals surface area (Å²) in [4.78, 5) is 5.91. The van der Waals surface area contributed by atoms with Gasteiger partial charge in [0.05, 0.1) is 5.69 Å². The molecule has 0 amide bonds. The Morgan fingerprint density at radius 2 is 2.13 bits per heavy atom. The van der Waals surface area contributed by atoms with E-state index in [2.05, 4.69) is 31.1 Å². The van der Waals surface area contributed by atoms with E-state index in [4.69, 9.17) is 0 Å². The second kappa shape index (κ2) is 4.22. The van der Waals surface area contributed by atoms with Crippen LogP contribution in [0, 0.1) is 13.8 Å². The third kappa shape index (κ3) is 2.23. The van der Waals surface area contributed by atoms with Crippen LogP contribution in [0.4, 0.5) is 0 Å². The van der Waals surface area contributed by atoms with E-state index in [0.717, 1.165) is 6.54 Å². The zero-order valence-corrected chi connectivity index (χ0v) is 10.7. The van der Waals surface area contributed by atoms with Crippen LogP contribution in [0.15, 0.2) is 0 Å². The molecule has 0 saturated heterocycles. The molecule has 3 heteroatoms. The predicted octanol–water partition coefficient (Wildman–Crippen LogP) is 3.18. The van der Waals surface area contributed by atoms with Gasteiger partial charge in [-0.25, -0.2) is 4.98 Å². The van der Waals surface area contributed by atoms with E-state index in [0.29, 0.717) is 5.54 Å². The van der Waals surface area contributed by atoms with Crippen molar-refractivity contribution in [3.8, 4) is 0 Å². The van der Waals surface area contributed by atoms with Crippen molar-refractivity contribution in [2.24, 2.45) is 0 Å². The summed E-state index contributed by atoms with van der Waals surface area (Å²) in [6.45, 7) is 7.47. The van der Waals surface area contributed by atoms with E-state index < -0.39 is 0 Å². The minimum atomic E-state index is 0.438. The summed E-state index contributed by atoms with van der Waals surface area (Å²) in [6.07, 6.45) is 5.31. The smallest absolute Gasteiger partial charge is 0.107 e. The summed E-state index contributed by atoms with van der Waals surface area (Å²) in [7, 11) is 0. The van der Waals surface area contributed by atoms with Gasteiger partial charge >= 0.3 is 0 Å². The lowest BCUT2D eigenvalue weighted by Gasteiger charge is -2.42. The van der Waals surface area contributed by atoms with Gasteiger partial charge in [0, 0.05) is 17.0 Å². The maximum atomic E-state index is 4.56. The highest BCUT2D eigenvalue weighted by Crippen LogP contribution is 2.35. The molecule has 15 heavy (non-hydrogen) atoms. The van der Waals surface area contributed by atoms with Gasteiger partial charge in [-0.1, -0.05) is 6.92 Å². The van der Waals surface area contributed by atoms with Gasteiger partial charge in [-0.3, -0.25) is 0 Å². The maximum Gasteiger partial charge on any atom is 0.107 e. The van der Waals surface area contributed by atoms with Crippen LogP contribution in [-0.4, -0.2) is 10.5 Å². The number of nitrogens with zero attached hydrogens (tertiary/aromatic N) is 1. The fraction of sp³-hybridized carbons (Fsp3) is 0.750.